The number of nitrogens with one attached hydrogen (secondary N) is 2. The average Bonchev–Trinajstić information content (AvgIpc) is 3.23. The molecule has 112 valence electrons. The van der Waals surface area contributed by atoms with Crippen LogP contribution < -0.4 is 10.0 Å². The van der Waals surface area contributed by atoms with Gasteiger partial charge in [0, 0.05) is 12.6 Å². The number of hydrogen-bond acceptors (Lipinski definition) is 3. The lowest BCUT2D eigenvalue weighted by Crippen LogP contribution is -2.34. The van der Waals surface area contributed by atoms with Crippen molar-refractivity contribution >= 4 is 10.0 Å². The lowest BCUT2D eigenvalue weighted by atomic mass is 10.1. The maximum Gasteiger partial charge on any atom is 0.240 e. The van der Waals surface area contributed by atoms with Gasteiger partial charge in [-0.05, 0) is 43.5 Å². The van der Waals surface area contributed by atoms with Crippen molar-refractivity contribution in [2.24, 2.45) is 5.92 Å². The third-order valence-corrected chi connectivity index (χ3v) is 5.28. The topological polar surface area (TPSA) is 58.2 Å². The Labute approximate surface area is 122 Å². The first-order valence-electron chi connectivity index (χ1n) is 7.31. The Balaban J connectivity index is 2.03. The molecule has 1 atom stereocenters. The van der Waals surface area contributed by atoms with E-state index in [0.717, 1.165) is 30.9 Å². The predicted molar refractivity (Wildman–Crippen MR) is 80.9 cm³/mol. The van der Waals surface area contributed by atoms with Crippen LogP contribution in [0.5, 0.6) is 0 Å². The first-order chi connectivity index (χ1) is 9.55. The van der Waals surface area contributed by atoms with Crippen LogP contribution in [-0.2, 0) is 16.6 Å². The van der Waals surface area contributed by atoms with Gasteiger partial charge in [-0.2, -0.15) is 0 Å². The third kappa shape index (κ3) is 4.30. The number of benzene rings is 1. The van der Waals surface area contributed by atoms with E-state index in [9.17, 15) is 8.42 Å². The fourth-order valence-corrected chi connectivity index (χ4v) is 3.66. The van der Waals surface area contributed by atoms with Crippen LogP contribution in [0.3, 0.4) is 0 Å². The summed E-state index contributed by atoms with van der Waals surface area (Å²) in [5, 5.41) is 3.05. The monoisotopic (exact) mass is 296 g/mol. The minimum atomic E-state index is -3.39. The van der Waals surface area contributed by atoms with Gasteiger partial charge < -0.3 is 5.32 Å². The maximum absolute atomic E-state index is 12.3. The molecule has 2 rings (SSSR count). The highest BCUT2D eigenvalue weighted by atomic mass is 32.2. The van der Waals surface area contributed by atoms with E-state index in [4.69, 9.17) is 0 Å². The summed E-state index contributed by atoms with van der Waals surface area (Å²) in [5.41, 5.74) is 1.08. The minimum Gasteiger partial charge on any atom is -0.316 e. The molecule has 5 heteroatoms. The second kappa shape index (κ2) is 6.70. The predicted octanol–water partition coefficient (Wildman–Crippen LogP) is 2.26. The Kier molecular flexibility index (Phi) is 5.18. The van der Waals surface area contributed by atoms with Crippen molar-refractivity contribution in [1.29, 1.82) is 0 Å². The molecule has 0 saturated heterocycles. The molecule has 0 radical (unpaired) electrons. The van der Waals surface area contributed by atoms with Gasteiger partial charge in [0.1, 0.15) is 0 Å². The zero-order valence-corrected chi connectivity index (χ0v) is 13.0. The molecule has 1 aliphatic rings. The zero-order chi connectivity index (χ0) is 14.6. The first-order valence-corrected chi connectivity index (χ1v) is 8.79. The van der Waals surface area contributed by atoms with Crippen LogP contribution in [0.4, 0.5) is 0 Å². The number of sulfonamides is 1. The summed E-state index contributed by atoms with van der Waals surface area (Å²) in [7, 11) is -1.52. The van der Waals surface area contributed by atoms with E-state index in [1.807, 2.05) is 26.1 Å². The largest absolute Gasteiger partial charge is 0.316 e. The van der Waals surface area contributed by atoms with Crippen molar-refractivity contribution in [3.05, 3.63) is 29.8 Å². The van der Waals surface area contributed by atoms with Crippen molar-refractivity contribution in [3.8, 4) is 0 Å². The molecule has 0 amide bonds. The lowest BCUT2D eigenvalue weighted by Gasteiger charge is -2.17. The van der Waals surface area contributed by atoms with Crippen LogP contribution in [0.2, 0.25) is 0 Å². The Morgan fingerprint density at radius 2 is 1.90 bits per heavy atom. The molecule has 2 N–H and O–H groups in total. The third-order valence-electron chi connectivity index (χ3n) is 3.74. The molecule has 0 spiro atoms. The van der Waals surface area contributed by atoms with Crippen LogP contribution in [0.1, 0.15) is 38.2 Å². The standard InChI is InChI=1S/C15H24N2O2S/c1-3-14(10-12-4-5-12)17-20(18,19)15-8-6-13(7-9-15)11-16-2/h6-9,12,14,16-17H,3-5,10-11H2,1-2H3. The molecule has 1 saturated carbocycles. The summed E-state index contributed by atoms with van der Waals surface area (Å²) in [6, 6.07) is 7.13. The molecule has 20 heavy (non-hydrogen) atoms. The molecule has 1 aromatic rings. The summed E-state index contributed by atoms with van der Waals surface area (Å²) < 4.78 is 27.5. The first kappa shape index (κ1) is 15.5. The van der Waals surface area contributed by atoms with E-state index in [0.29, 0.717) is 4.90 Å². The second-order valence-corrected chi connectivity index (χ2v) is 7.29. The van der Waals surface area contributed by atoms with E-state index in [1.54, 1.807) is 12.1 Å². The number of rotatable bonds is 8. The molecule has 4 nitrogen and oxygen atoms in total. The lowest BCUT2D eigenvalue weighted by molar-refractivity contribution is 0.495. The maximum atomic E-state index is 12.3. The molecular weight excluding hydrogens is 272 g/mol. The highest BCUT2D eigenvalue weighted by molar-refractivity contribution is 7.89. The normalized spacial score (nSPS) is 17.1. The van der Waals surface area contributed by atoms with Crippen molar-refractivity contribution in [2.45, 2.75) is 50.1 Å². The van der Waals surface area contributed by atoms with Crippen LogP contribution in [0.15, 0.2) is 29.2 Å². The Morgan fingerprint density at radius 1 is 1.25 bits per heavy atom. The van der Waals surface area contributed by atoms with Crippen LogP contribution in [0.25, 0.3) is 0 Å². The van der Waals surface area contributed by atoms with E-state index < -0.39 is 10.0 Å². The molecular formula is C15H24N2O2S. The zero-order valence-electron chi connectivity index (χ0n) is 12.2. The summed E-state index contributed by atoms with van der Waals surface area (Å²) >= 11 is 0. The minimum absolute atomic E-state index is 0.0597. The van der Waals surface area contributed by atoms with E-state index >= 15 is 0 Å². The second-order valence-electron chi connectivity index (χ2n) is 5.58. The van der Waals surface area contributed by atoms with Gasteiger partial charge in [-0.15, -0.1) is 0 Å². The van der Waals surface area contributed by atoms with Crippen LogP contribution >= 0.6 is 0 Å². The van der Waals surface area contributed by atoms with Crippen LogP contribution in [-0.4, -0.2) is 21.5 Å². The van der Waals surface area contributed by atoms with Gasteiger partial charge >= 0.3 is 0 Å². The van der Waals surface area contributed by atoms with Crippen LogP contribution in [0, 0.1) is 5.92 Å². The van der Waals surface area contributed by atoms with Gasteiger partial charge in [0.2, 0.25) is 10.0 Å². The smallest absolute Gasteiger partial charge is 0.240 e. The summed E-state index contributed by atoms with van der Waals surface area (Å²) in [5.74, 6) is 0.723. The molecule has 0 bridgehead atoms. The van der Waals surface area contributed by atoms with Gasteiger partial charge in [-0.3, -0.25) is 0 Å². The van der Waals surface area contributed by atoms with E-state index in [2.05, 4.69) is 10.0 Å². The molecule has 0 aromatic heterocycles. The Hall–Kier alpha value is -0.910. The molecule has 1 fully saturated rings. The highest BCUT2D eigenvalue weighted by Gasteiger charge is 2.27. The SMILES string of the molecule is CCC(CC1CC1)NS(=O)(=O)c1ccc(CNC)cc1. The average molecular weight is 296 g/mol. The van der Waals surface area contributed by atoms with Gasteiger partial charge in [0.25, 0.3) is 0 Å². The van der Waals surface area contributed by atoms with Crippen molar-refractivity contribution < 1.29 is 8.42 Å². The fraction of sp³-hybridized carbons (Fsp3) is 0.600. The van der Waals surface area contributed by atoms with E-state index in [-0.39, 0.29) is 6.04 Å². The molecule has 0 aliphatic heterocycles. The van der Waals surface area contributed by atoms with Gasteiger partial charge in [0.05, 0.1) is 4.90 Å². The molecule has 1 aromatic carbocycles. The van der Waals surface area contributed by atoms with Gasteiger partial charge in [0.15, 0.2) is 0 Å². The van der Waals surface area contributed by atoms with Crippen molar-refractivity contribution in [3.63, 3.8) is 0 Å². The molecule has 1 unspecified atom stereocenters. The van der Waals surface area contributed by atoms with Gasteiger partial charge in [-0.1, -0.05) is 31.9 Å². The summed E-state index contributed by atoms with van der Waals surface area (Å²) in [6.45, 7) is 2.78. The Bertz CT molecular complexity index is 521. The Morgan fingerprint density at radius 3 is 2.40 bits per heavy atom. The summed E-state index contributed by atoms with van der Waals surface area (Å²) in [6.07, 6.45) is 4.30. The highest BCUT2D eigenvalue weighted by Crippen LogP contribution is 2.34. The molecule has 1 aliphatic carbocycles. The fourth-order valence-electron chi connectivity index (χ4n) is 2.33. The molecule has 0 heterocycles. The van der Waals surface area contributed by atoms with Gasteiger partial charge in [-0.25, -0.2) is 13.1 Å². The number of hydrogen-bond donors (Lipinski definition) is 2. The summed E-state index contributed by atoms with van der Waals surface area (Å²) in [4.78, 5) is 0.353. The van der Waals surface area contributed by atoms with Crippen molar-refractivity contribution in [1.82, 2.24) is 10.0 Å². The quantitative estimate of drug-likeness (QED) is 0.773. The van der Waals surface area contributed by atoms with Crippen molar-refractivity contribution in [2.75, 3.05) is 7.05 Å². The van der Waals surface area contributed by atoms with E-state index in [1.165, 1.54) is 12.8 Å².